The first kappa shape index (κ1) is 11.4. The third-order valence-corrected chi connectivity index (χ3v) is 2.73. The van der Waals surface area contributed by atoms with Crippen LogP contribution in [0, 0.1) is 5.82 Å². The summed E-state index contributed by atoms with van der Waals surface area (Å²) in [6.45, 7) is 0. The zero-order chi connectivity index (χ0) is 11.5. The van der Waals surface area contributed by atoms with Crippen molar-refractivity contribution in [2.45, 2.75) is 0 Å². The van der Waals surface area contributed by atoms with Gasteiger partial charge in [0.1, 0.15) is 11.6 Å². The summed E-state index contributed by atoms with van der Waals surface area (Å²) in [7, 11) is 0. The molecule has 0 radical (unpaired) electrons. The summed E-state index contributed by atoms with van der Waals surface area (Å²) < 4.78 is 14.3. The second kappa shape index (κ2) is 4.80. The number of hydrogen-bond donors (Lipinski definition) is 1. The summed E-state index contributed by atoms with van der Waals surface area (Å²) in [5.74, 6) is 0.132. The van der Waals surface area contributed by atoms with E-state index in [0.29, 0.717) is 10.8 Å². The Balaban J connectivity index is 2.30. The van der Waals surface area contributed by atoms with Crippen molar-refractivity contribution in [3.05, 3.63) is 51.8 Å². The van der Waals surface area contributed by atoms with Crippen molar-refractivity contribution in [1.82, 2.24) is 4.98 Å². The molecule has 1 N–H and O–H groups in total. The second-order valence-electron chi connectivity index (χ2n) is 3.08. The maximum Gasteiger partial charge on any atom is 0.148 e. The van der Waals surface area contributed by atoms with E-state index < -0.39 is 5.82 Å². The van der Waals surface area contributed by atoms with Crippen molar-refractivity contribution >= 4 is 39.0 Å². The van der Waals surface area contributed by atoms with Crippen molar-refractivity contribution in [1.29, 1.82) is 0 Å². The molecule has 0 spiro atoms. The molecule has 1 aromatic heterocycles. The van der Waals surface area contributed by atoms with Crippen LogP contribution in [0.5, 0.6) is 0 Å². The molecule has 0 fully saturated rings. The fraction of sp³-hybridized carbons (Fsp3) is 0. The smallest absolute Gasteiger partial charge is 0.148 e. The Morgan fingerprint density at radius 1 is 1.25 bits per heavy atom. The highest BCUT2D eigenvalue weighted by molar-refractivity contribution is 9.10. The molecule has 0 bridgehead atoms. The van der Waals surface area contributed by atoms with Crippen LogP contribution in [0.4, 0.5) is 15.9 Å². The predicted molar refractivity (Wildman–Crippen MR) is 66.6 cm³/mol. The molecule has 0 aliphatic heterocycles. The summed E-state index contributed by atoms with van der Waals surface area (Å²) >= 11 is 9.14. The summed E-state index contributed by atoms with van der Waals surface area (Å²) in [4.78, 5) is 4.07. The summed E-state index contributed by atoms with van der Waals surface area (Å²) in [5, 5.41) is 3.15. The van der Waals surface area contributed by atoms with E-state index in [2.05, 4.69) is 26.2 Å². The Morgan fingerprint density at radius 3 is 2.69 bits per heavy atom. The van der Waals surface area contributed by atoms with E-state index in [1.807, 2.05) is 6.07 Å². The van der Waals surface area contributed by atoms with Gasteiger partial charge in [0.05, 0.1) is 10.7 Å². The summed E-state index contributed by atoms with van der Waals surface area (Å²) in [5.41, 5.74) is 0.235. The minimum atomic E-state index is -0.405. The van der Waals surface area contributed by atoms with Gasteiger partial charge in [0.15, 0.2) is 0 Å². The lowest BCUT2D eigenvalue weighted by Gasteiger charge is -2.08. The predicted octanol–water partition coefficient (Wildman–Crippen LogP) is 4.38. The van der Waals surface area contributed by atoms with E-state index in [0.717, 1.165) is 4.47 Å². The van der Waals surface area contributed by atoms with Gasteiger partial charge in [-0.05, 0) is 40.2 Å². The first-order chi connectivity index (χ1) is 7.66. The molecule has 5 heteroatoms. The number of aromatic nitrogens is 1. The van der Waals surface area contributed by atoms with Crippen LogP contribution in [0.25, 0.3) is 0 Å². The third-order valence-electron chi connectivity index (χ3n) is 1.94. The Labute approximate surface area is 106 Å². The number of nitrogens with zero attached hydrogens (tertiary/aromatic N) is 1. The molecule has 1 heterocycles. The van der Waals surface area contributed by atoms with Gasteiger partial charge in [-0.1, -0.05) is 17.7 Å². The Bertz CT molecular complexity index is 482. The highest BCUT2D eigenvalue weighted by Crippen LogP contribution is 2.27. The van der Waals surface area contributed by atoms with Crippen molar-refractivity contribution in [2.24, 2.45) is 0 Å². The normalized spacial score (nSPS) is 10.2. The number of halogens is 3. The summed E-state index contributed by atoms with van der Waals surface area (Å²) in [6.07, 6.45) is 1.62. The summed E-state index contributed by atoms with van der Waals surface area (Å²) in [6, 6.07) is 8.05. The molecule has 2 rings (SSSR count). The number of hydrogen-bond acceptors (Lipinski definition) is 2. The molecular weight excluding hydrogens is 294 g/mol. The zero-order valence-electron chi connectivity index (χ0n) is 8.05. The molecule has 0 atom stereocenters. The van der Waals surface area contributed by atoms with Gasteiger partial charge >= 0.3 is 0 Å². The first-order valence-corrected chi connectivity index (χ1v) is 5.66. The average molecular weight is 302 g/mol. The lowest BCUT2D eigenvalue weighted by molar-refractivity contribution is 0.632. The maximum absolute atomic E-state index is 13.4. The molecule has 0 saturated heterocycles. The lowest BCUT2D eigenvalue weighted by Crippen LogP contribution is -1.96. The van der Waals surface area contributed by atoms with E-state index >= 15 is 0 Å². The van der Waals surface area contributed by atoms with E-state index in [9.17, 15) is 4.39 Å². The fourth-order valence-corrected chi connectivity index (χ4v) is 1.64. The molecule has 0 saturated carbocycles. The first-order valence-electron chi connectivity index (χ1n) is 4.49. The molecular formula is C11H7BrClFN2. The number of pyridine rings is 1. The number of rotatable bonds is 2. The Kier molecular flexibility index (Phi) is 3.41. The lowest BCUT2D eigenvalue weighted by atomic mass is 10.3. The largest absolute Gasteiger partial charge is 0.337 e. The molecule has 82 valence electrons. The molecule has 16 heavy (non-hydrogen) atoms. The molecule has 0 amide bonds. The van der Waals surface area contributed by atoms with Crippen LogP contribution < -0.4 is 5.32 Å². The van der Waals surface area contributed by atoms with E-state index in [1.165, 1.54) is 6.07 Å². The minimum absolute atomic E-state index is 0.235. The minimum Gasteiger partial charge on any atom is -0.337 e. The Morgan fingerprint density at radius 2 is 2.06 bits per heavy atom. The van der Waals surface area contributed by atoms with Gasteiger partial charge in [0.2, 0.25) is 0 Å². The van der Waals surface area contributed by atoms with Crippen LogP contribution in [-0.4, -0.2) is 4.98 Å². The highest BCUT2D eigenvalue weighted by Gasteiger charge is 2.06. The van der Waals surface area contributed by atoms with Gasteiger partial charge in [0.25, 0.3) is 0 Å². The number of nitrogens with one attached hydrogen (secondary N) is 1. The average Bonchev–Trinajstić information content (AvgIpc) is 2.26. The molecule has 0 aliphatic rings. The van der Waals surface area contributed by atoms with Gasteiger partial charge in [-0.15, -0.1) is 0 Å². The van der Waals surface area contributed by atoms with Crippen LogP contribution in [0.2, 0.25) is 5.02 Å². The second-order valence-corrected chi connectivity index (χ2v) is 4.41. The van der Waals surface area contributed by atoms with Crippen molar-refractivity contribution < 1.29 is 4.39 Å². The van der Waals surface area contributed by atoms with E-state index in [4.69, 9.17) is 11.6 Å². The monoisotopic (exact) mass is 300 g/mol. The topological polar surface area (TPSA) is 24.9 Å². The highest BCUT2D eigenvalue weighted by atomic mass is 79.9. The molecule has 2 nitrogen and oxygen atoms in total. The molecule has 1 aromatic carbocycles. The van der Waals surface area contributed by atoms with Crippen LogP contribution in [0.3, 0.4) is 0 Å². The zero-order valence-corrected chi connectivity index (χ0v) is 10.4. The van der Waals surface area contributed by atoms with Crippen LogP contribution in [0.15, 0.2) is 41.0 Å². The standard InChI is InChI=1S/C11H7BrClFN2/c12-7-4-5-10(15-6-7)16-11-8(13)2-1-3-9(11)14/h1-6H,(H,15,16). The third kappa shape index (κ3) is 2.51. The van der Waals surface area contributed by atoms with Gasteiger partial charge < -0.3 is 5.32 Å². The maximum atomic E-state index is 13.4. The Hall–Kier alpha value is -1.13. The van der Waals surface area contributed by atoms with Gasteiger partial charge in [-0.25, -0.2) is 9.37 Å². The van der Waals surface area contributed by atoms with Crippen molar-refractivity contribution in [2.75, 3.05) is 5.32 Å². The SMILES string of the molecule is Fc1cccc(Cl)c1Nc1ccc(Br)cn1. The number of benzene rings is 1. The van der Waals surface area contributed by atoms with Crippen molar-refractivity contribution in [3.63, 3.8) is 0 Å². The van der Waals surface area contributed by atoms with Gasteiger partial charge in [-0.2, -0.15) is 0 Å². The quantitative estimate of drug-likeness (QED) is 0.890. The molecule has 2 aromatic rings. The van der Waals surface area contributed by atoms with Crippen LogP contribution >= 0.6 is 27.5 Å². The van der Waals surface area contributed by atoms with Crippen LogP contribution in [-0.2, 0) is 0 Å². The molecule has 0 unspecified atom stereocenters. The fourth-order valence-electron chi connectivity index (χ4n) is 1.20. The van der Waals surface area contributed by atoms with Crippen LogP contribution in [0.1, 0.15) is 0 Å². The van der Waals surface area contributed by atoms with Crippen molar-refractivity contribution in [3.8, 4) is 0 Å². The molecule has 0 aliphatic carbocycles. The van der Waals surface area contributed by atoms with E-state index in [-0.39, 0.29) is 5.69 Å². The number of para-hydroxylation sites is 1. The van der Waals surface area contributed by atoms with Gasteiger partial charge in [-0.3, -0.25) is 0 Å². The van der Waals surface area contributed by atoms with E-state index in [1.54, 1.807) is 24.4 Å². The van der Waals surface area contributed by atoms with Gasteiger partial charge in [0, 0.05) is 10.7 Å². The number of anilines is 2.